The van der Waals surface area contributed by atoms with E-state index in [0.717, 1.165) is 0 Å². The van der Waals surface area contributed by atoms with Crippen molar-refractivity contribution in [2.24, 2.45) is 0 Å². The fraction of sp³-hybridized carbons (Fsp3) is 0.500. The Morgan fingerprint density at radius 1 is 1.50 bits per heavy atom. The predicted molar refractivity (Wildman–Crippen MR) is 74.9 cm³/mol. The van der Waals surface area contributed by atoms with Crippen molar-refractivity contribution in [3.8, 4) is 5.75 Å². The summed E-state index contributed by atoms with van der Waals surface area (Å²) in [5.74, 6) is 0.431. The van der Waals surface area contributed by atoms with Crippen LogP contribution >= 0.6 is 0 Å². The first-order valence-electron chi connectivity index (χ1n) is 6.57. The van der Waals surface area contributed by atoms with Crippen LogP contribution in [0.1, 0.15) is 6.42 Å². The van der Waals surface area contributed by atoms with Crippen LogP contribution in [0.2, 0.25) is 0 Å². The summed E-state index contributed by atoms with van der Waals surface area (Å²) in [6.45, 7) is 1.34. The normalized spacial score (nSPS) is 21.7. The summed E-state index contributed by atoms with van der Waals surface area (Å²) < 4.78 is 10.3. The van der Waals surface area contributed by atoms with Gasteiger partial charge in [-0.05, 0) is 12.1 Å². The van der Waals surface area contributed by atoms with Crippen LogP contribution in [0.5, 0.6) is 5.75 Å². The molecule has 1 aliphatic heterocycles. The summed E-state index contributed by atoms with van der Waals surface area (Å²) in [5.41, 5.74) is -0.227. The Bertz CT molecular complexity index is 458. The van der Waals surface area contributed by atoms with Gasteiger partial charge in [0.1, 0.15) is 11.4 Å². The molecule has 0 aliphatic carbocycles. The van der Waals surface area contributed by atoms with Gasteiger partial charge < -0.3 is 25.2 Å². The molecule has 6 nitrogen and oxygen atoms in total. The second kappa shape index (κ2) is 6.69. The number of nitrogens with one attached hydrogen (secondary N) is 2. The molecule has 0 spiro atoms. The minimum Gasteiger partial charge on any atom is -0.495 e. The molecule has 1 heterocycles. The summed E-state index contributed by atoms with van der Waals surface area (Å²) in [6, 6.07) is 7.21. The number of carbonyl (C=O) groups is 1. The van der Waals surface area contributed by atoms with E-state index in [4.69, 9.17) is 9.47 Å². The number of amides is 1. The van der Waals surface area contributed by atoms with Gasteiger partial charge >= 0.3 is 0 Å². The highest BCUT2D eigenvalue weighted by atomic mass is 16.5. The lowest BCUT2D eigenvalue weighted by atomic mass is 10.0. The molecular formula is C14H20N2O4. The zero-order valence-electron chi connectivity index (χ0n) is 11.5. The predicted octanol–water partition coefficient (Wildman–Crippen LogP) is 0.375. The van der Waals surface area contributed by atoms with Gasteiger partial charge in [-0.15, -0.1) is 0 Å². The average Bonchev–Trinajstić information content (AvgIpc) is 2.86. The maximum absolute atomic E-state index is 11.8. The van der Waals surface area contributed by atoms with E-state index in [9.17, 15) is 9.90 Å². The fourth-order valence-electron chi connectivity index (χ4n) is 2.09. The van der Waals surface area contributed by atoms with Crippen molar-refractivity contribution < 1.29 is 19.4 Å². The molecule has 1 saturated heterocycles. The number of carbonyl (C=O) groups excluding carboxylic acids is 1. The monoisotopic (exact) mass is 280 g/mol. The second-order valence-corrected chi connectivity index (χ2v) is 4.88. The van der Waals surface area contributed by atoms with Gasteiger partial charge in [-0.2, -0.15) is 0 Å². The standard InChI is InChI=1S/C14H20N2O4/c1-19-12-5-3-2-4-11(12)16-13(17)8-15-9-14(18)6-7-20-10-14/h2-5,15,18H,6-10H2,1H3,(H,16,17). The fourth-order valence-corrected chi connectivity index (χ4v) is 2.09. The summed E-state index contributed by atoms with van der Waals surface area (Å²) >= 11 is 0. The van der Waals surface area contributed by atoms with Gasteiger partial charge in [0.25, 0.3) is 0 Å². The maximum atomic E-state index is 11.8. The molecule has 2 rings (SSSR count). The van der Waals surface area contributed by atoms with Crippen molar-refractivity contribution in [3.63, 3.8) is 0 Å². The minimum absolute atomic E-state index is 0.125. The van der Waals surface area contributed by atoms with Crippen molar-refractivity contribution in [1.82, 2.24) is 5.32 Å². The Hall–Kier alpha value is -1.63. The Morgan fingerprint density at radius 3 is 3.00 bits per heavy atom. The Morgan fingerprint density at radius 2 is 2.30 bits per heavy atom. The smallest absolute Gasteiger partial charge is 0.238 e. The number of ether oxygens (including phenoxy) is 2. The first-order chi connectivity index (χ1) is 9.63. The van der Waals surface area contributed by atoms with E-state index in [1.807, 2.05) is 12.1 Å². The van der Waals surface area contributed by atoms with Crippen LogP contribution in [0.25, 0.3) is 0 Å². The van der Waals surface area contributed by atoms with Gasteiger partial charge in [-0.1, -0.05) is 12.1 Å². The van der Waals surface area contributed by atoms with Gasteiger partial charge in [0.05, 0.1) is 25.9 Å². The number of anilines is 1. The van der Waals surface area contributed by atoms with E-state index in [1.54, 1.807) is 19.2 Å². The van der Waals surface area contributed by atoms with E-state index < -0.39 is 5.60 Å². The van der Waals surface area contributed by atoms with Gasteiger partial charge in [-0.25, -0.2) is 0 Å². The van der Waals surface area contributed by atoms with Gasteiger partial charge in [0.2, 0.25) is 5.91 Å². The molecule has 0 saturated carbocycles. The molecule has 110 valence electrons. The number of aliphatic hydroxyl groups is 1. The van der Waals surface area contributed by atoms with Gasteiger partial charge in [0, 0.05) is 19.6 Å². The maximum Gasteiger partial charge on any atom is 0.238 e. The highest BCUT2D eigenvalue weighted by Crippen LogP contribution is 2.22. The molecule has 0 aromatic heterocycles. The minimum atomic E-state index is -0.856. The zero-order chi connectivity index (χ0) is 14.4. The summed E-state index contributed by atoms with van der Waals surface area (Å²) in [5, 5.41) is 15.7. The first kappa shape index (κ1) is 14.8. The molecule has 3 N–H and O–H groups in total. The van der Waals surface area contributed by atoms with Crippen LogP contribution in [0, 0.1) is 0 Å². The highest BCUT2D eigenvalue weighted by Gasteiger charge is 2.31. The van der Waals surface area contributed by atoms with Crippen LogP contribution < -0.4 is 15.4 Å². The lowest BCUT2D eigenvalue weighted by Crippen LogP contribution is -2.43. The molecule has 0 bridgehead atoms. The molecule has 6 heteroatoms. The number of benzene rings is 1. The number of para-hydroxylation sites is 2. The Kier molecular flexibility index (Phi) is 4.94. The average molecular weight is 280 g/mol. The van der Waals surface area contributed by atoms with Crippen molar-refractivity contribution in [3.05, 3.63) is 24.3 Å². The molecule has 1 aliphatic rings. The van der Waals surface area contributed by atoms with Gasteiger partial charge in [-0.3, -0.25) is 4.79 Å². The molecule has 1 aromatic rings. The molecule has 1 amide bonds. The van der Waals surface area contributed by atoms with Crippen molar-refractivity contribution in [2.75, 3.05) is 38.7 Å². The quantitative estimate of drug-likeness (QED) is 0.702. The van der Waals surface area contributed by atoms with E-state index in [1.165, 1.54) is 0 Å². The summed E-state index contributed by atoms with van der Waals surface area (Å²) in [7, 11) is 1.55. The van der Waals surface area contributed by atoms with Gasteiger partial charge in [0.15, 0.2) is 0 Å². The van der Waals surface area contributed by atoms with Crippen molar-refractivity contribution in [1.29, 1.82) is 0 Å². The summed E-state index contributed by atoms with van der Waals surface area (Å²) in [6.07, 6.45) is 0.591. The number of hydrogen-bond donors (Lipinski definition) is 3. The van der Waals surface area contributed by atoms with Crippen LogP contribution in [0.15, 0.2) is 24.3 Å². The molecular weight excluding hydrogens is 260 g/mol. The Labute approximate surface area is 118 Å². The van der Waals surface area contributed by atoms with Crippen LogP contribution in [0.4, 0.5) is 5.69 Å². The molecule has 1 aromatic carbocycles. The number of rotatable bonds is 6. The summed E-state index contributed by atoms with van der Waals surface area (Å²) in [4.78, 5) is 11.8. The van der Waals surface area contributed by atoms with Crippen molar-refractivity contribution >= 4 is 11.6 Å². The van der Waals surface area contributed by atoms with Crippen LogP contribution in [-0.2, 0) is 9.53 Å². The number of hydrogen-bond acceptors (Lipinski definition) is 5. The molecule has 20 heavy (non-hydrogen) atoms. The van der Waals surface area contributed by atoms with E-state index in [0.29, 0.717) is 37.6 Å². The molecule has 1 atom stereocenters. The van der Waals surface area contributed by atoms with Crippen LogP contribution in [0.3, 0.4) is 0 Å². The second-order valence-electron chi connectivity index (χ2n) is 4.88. The highest BCUT2D eigenvalue weighted by molar-refractivity contribution is 5.93. The zero-order valence-corrected chi connectivity index (χ0v) is 11.5. The van der Waals surface area contributed by atoms with E-state index in [2.05, 4.69) is 10.6 Å². The van der Waals surface area contributed by atoms with E-state index >= 15 is 0 Å². The molecule has 1 fully saturated rings. The first-order valence-corrected chi connectivity index (χ1v) is 6.57. The lowest BCUT2D eigenvalue weighted by molar-refractivity contribution is -0.115. The molecule has 0 radical (unpaired) electrons. The number of methoxy groups -OCH3 is 1. The van der Waals surface area contributed by atoms with Crippen LogP contribution in [-0.4, -0.2) is 50.0 Å². The van der Waals surface area contributed by atoms with E-state index in [-0.39, 0.29) is 12.5 Å². The third kappa shape index (κ3) is 3.93. The lowest BCUT2D eigenvalue weighted by Gasteiger charge is -2.20. The molecule has 1 unspecified atom stereocenters. The van der Waals surface area contributed by atoms with Crippen molar-refractivity contribution in [2.45, 2.75) is 12.0 Å². The third-order valence-corrected chi connectivity index (χ3v) is 3.20. The SMILES string of the molecule is COc1ccccc1NC(=O)CNCC1(O)CCOC1. The Balaban J connectivity index is 1.78. The third-order valence-electron chi connectivity index (χ3n) is 3.20. The topological polar surface area (TPSA) is 79.8 Å². The largest absolute Gasteiger partial charge is 0.495 e.